The molecule has 0 spiro atoms. The van der Waals surface area contributed by atoms with Gasteiger partial charge in [0.1, 0.15) is 5.56 Å². The maximum atomic E-state index is 12.2. The van der Waals surface area contributed by atoms with E-state index >= 15 is 0 Å². The molecule has 1 aromatic rings. The van der Waals surface area contributed by atoms with Crippen LogP contribution in [-0.2, 0) is 15.1 Å². The van der Waals surface area contributed by atoms with E-state index in [0.717, 1.165) is 44.2 Å². The predicted molar refractivity (Wildman–Crippen MR) is 97.2 cm³/mol. The van der Waals surface area contributed by atoms with Crippen molar-refractivity contribution in [3.8, 4) is 0 Å². The summed E-state index contributed by atoms with van der Waals surface area (Å²) in [6.07, 6.45) is 6.68. The van der Waals surface area contributed by atoms with Crippen LogP contribution in [-0.4, -0.2) is 33.4 Å². The Morgan fingerprint density at radius 3 is 2.35 bits per heavy atom. The number of hydrogen-bond donors (Lipinski definition) is 1. The van der Waals surface area contributed by atoms with Crippen molar-refractivity contribution in [1.82, 2.24) is 9.78 Å². The van der Waals surface area contributed by atoms with E-state index in [1.807, 2.05) is 11.6 Å². The number of carboxylic acids is 1. The zero-order valence-electron chi connectivity index (χ0n) is 16.2. The molecule has 0 bridgehead atoms. The van der Waals surface area contributed by atoms with Crippen molar-refractivity contribution in [1.29, 1.82) is 0 Å². The lowest BCUT2D eigenvalue weighted by Crippen LogP contribution is -2.50. The molecule has 144 valence electrons. The number of nitrogens with zero attached hydrogens (tertiary/aromatic N) is 2. The number of aromatic nitrogens is 2. The summed E-state index contributed by atoms with van der Waals surface area (Å²) < 4.78 is 7.23. The molecular formula is C20H30N2O4. The van der Waals surface area contributed by atoms with Crippen LogP contribution < -0.4 is 0 Å². The zero-order valence-corrected chi connectivity index (χ0v) is 16.2. The van der Waals surface area contributed by atoms with Gasteiger partial charge in [0.25, 0.3) is 0 Å². The molecule has 26 heavy (non-hydrogen) atoms. The fraction of sp³-hybridized carbons (Fsp3) is 0.750. The van der Waals surface area contributed by atoms with Crippen LogP contribution in [0.2, 0.25) is 0 Å². The number of esters is 1. The van der Waals surface area contributed by atoms with E-state index in [1.54, 1.807) is 0 Å². The van der Waals surface area contributed by atoms with Gasteiger partial charge in [-0.05, 0) is 50.9 Å². The topological polar surface area (TPSA) is 81.4 Å². The predicted octanol–water partition coefficient (Wildman–Crippen LogP) is 3.95. The van der Waals surface area contributed by atoms with E-state index in [1.165, 1.54) is 6.20 Å². The standard InChI is InChI=1S/C20H30N2O4/c1-5-26-18(25)14-8-10-20(11-9-14,19(2,3)4)22-16(13-6-7-13)15(12-21-22)17(23)24/h12-14H,5-11H2,1-4H3,(H,23,24)/t14-,20+. The van der Waals surface area contributed by atoms with Crippen molar-refractivity contribution in [2.75, 3.05) is 6.61 Å². The largest absolute Gasteiger partial charge is 0.478 e. The zero-order chi connectivity index (χ0) is 19.1. The molecule has 6 heteroatoms. The van der Waals surface area contributed by atoms with Gasteiger partial charge in [-0.15, -0.1) is 0 Å². The lowest BCUT2D eigenvalue weighted by atomic mass is 9.63. The summed E-state index contributed by atoms with van der Waals surface area (Å²) in [5.41, 5.74) is 0.838. The normalized spacial score (nSPS) is 26.5. The van der Waals surface area contributed by atoms with Crippen molar-refractivity contribution in [2.45, 2.75) is 77.7 Å². The highest BCUT2D eigenvalue weighted by Gasteiger charge is 2.50. The molecule has 2 aliphatic rings. The Hall–Kier alpha value is -1.85. The molecule has 3 rings (SSSR count). The van der Waals surface area contributed by atoms with Crippen LogP contribution in [0.25, 0.3) is 0 Å². The summed E-state index contributed by atoms with van der Waals surface area (Å²) in [5, 5.41) is 14.2. The number of ether oxygens (including phenoxy) is 1. The monoisotopic (exact) mass is 362 g/mol. The van der Waals surface area contributed by atoms with Crippen molar-refractivity contribution in [2.24, 2.45) is 11.3 Å². The summed E-state index contributed by atoms with van der Waals surface area (Å²) in [6.45, 7) is 8.81. The Balaban J connectivity index is 1.97. The van der Waals surface area contributed by atoms with Crippen molar-refractivity contribution < 1.29 is 19.4 Å². The molecule has 1 N–H and O–H groups in total. The van der Waals surface area contributed by atoms with E-state index in [9.17, 15) is 14.7 Å². The van der Waals surface area contributed by atoms with Crippen molar-refractivity contribution >= 4 is 11.9 Å². The van der Waals surface area contributed by atoms with E-state index in [0.29, 0.717) is 18.1 Å². The summed E-state index contributed by atoms with van der Waals surface area (Å²) in [7, 11) is 0. The van der Waals surface area contributed by atoms with Gasteiger partial charge in [0, 0.05) is 5.92 Å². The molecule has 2 saturated carbocycles. The second-order valence-corrected chi connectivity index (χ2v) is 8.74. The van der Waals surface area contributed by atoms with Gasteiger partial charge < -0.3 is 9.84 Å². The smallest absolute Gasteiger partial charge is 0.339 e. The van der Waals surface area contributed by atoms with Gasteiger partial charge in [-0.25, -0.2) is 4.79 Å². The average Bonchev–Trinajstić information content (AvgIpc) is 3.31. The van der Waals surface area contributed by atoms with Crippen LogP contribution in [0.4, 0.5) is 0 Å². The first-order valence-corrected chi connectivity index (χ1v) is 9.69. The minimum atomic E-state index is -0.901. The van der Waals surface area contributed by atoms with E-state index in [-0.39, 0.29) is 22.8 Å². The lowest BCUT2D eigenvalue weighted by Gasteiger charge is -2.49. The van der Waals surface area contributed by atoms with Crippen LogP contribution in [0.15, 0.2) is 6.20 Å². The van der Waals surface area contributed by atoms with Gasteiger partial charge in [0.2, 0.25) is 0 Å². The molecule has 2 aliphatic carbocycles. The third-order valence-electron chi connectivity index (χ3n) is 6.24. The van der Waals surface area contributed by atoms with Gasteiger partial charge in [0.15, 0.2) is 0 Å². The van der Waals surface area contributed by atoms with Gasteiger partial charge in [-0.3, -0.25) is 9.48 Å². The van der Waals surface area contributed by atoms with Crippen molar-refractivity contribution in [3.63, 3.8) is 0 Å². The Kier molecular flexibility index (Phi) is 4.88. The highest BCUT2D eigenvalue weighted by Crippen LogP contribution is 2.52. The molecule has 0 saturated heterocycles. The molecule has 0 radical (unpaired) electrons. The Morgan fingerprint density at radius 1 is 1.27 bits per heavy atom. The number of carbonyl (C=O) groups is 2. The summed E-state index contributed by atoms with van der Waals surface area (Å²) in [4.78, 5) is 23.9. The summed E-state index contributed by atoms with van der Waals surface area (Å²) in [5.74, 6) is -0.776. The highest BCUT2D eigenvalue weighted by molar-refractivity contribution is 5.89. The van der Waals surface area contributed by atoms with Gasteiger partial charge in [0.05, 0.1) is 30.0 Å². The molecule has 0 aromatic carbocycles. The van der Waals surface area contributed by atoms with Crippen LogP contribution in [0.1, 0.15) is 88.2 Å². The van der Waals surface area contributed by atoms with Crippen LogP contribution in [0.3, 0.4) is 0 Å². The molecule has 0 atom stereocenters. The molecule has 2 fully saturated rings. The third kappa shape index (κ3) is 3.14. The third-order valence-corrected chi connectivity index (χ3v) is 6.24. The van der Waals surface area contributed by atoms with Gasteiger partial charge >= 0.3 is 11.9 Å². The number of rotatable bonds is 5. The minimum Gasteiger partial charge on any atom is -0.478 e. The van der Waals surface area contributed by atoms with Crippen LogP contribution >= 0.6 is 0 Å². The maximum Gasteiger partial charge on any atom is 0.339 e. The molecule has 1 aromatic heterocycles. The second kappa shape index (κ2) is 6.71. The summed E-state index contributed by atoms with van der Waals surface area (Å²) in [6, 6.07) is 0. The maximum absolute atomic E-state index is 12.2. The van der Waals surface area contributed by atoms with E-state index in [4.69, 9.17) is 4.74 Å². The Bertz CT molecular complexity index is 689. The SMILES string of the molecule is CCOC(=O)[C@H]1CC[C@](n2ncc(C(=O)O)c2C2CC2)(C(C)(C)C)CC1. The first kappa shape index (κ1) is 18.9. The van der Waals surface area contributed by atoms with E-state index < -0.39 is 5.97 Å². The fourth-order valence-corrected chi connectivity index (χ4v) is 4.48. The molecule has 0 aliphatic heterocycles. The highest BCUT2D eigenvalue weighted by atomic mass is 16.5. The molecule has 6 nitrogen and oxygen atoms in total. The number of carboxylic acid groups (broad SMARTS) is 1. The van der Waals surface area contributed by atoms with Crippen LogP contribution in [0, 0.1) is 11.3 Å². The van der Waals surface area contributed by atoms with Gasteiger partial charge in [-0.1, -0.05) is 20.8 Å². The number of carbonyl (C=O) groups excluding carboxylic acids is 1. The fourth-order valence-electron chi connectivity index (χ4n) is 4.48. The van der Waals surface area contributed by atoms with Crippen molar-refractivity contribution in [3.05, 3.63) is 17.5 Å². The molecule has 0 amide bonds. The van der Waals surface area contributed by atoms with Gasteiger partial charge in [-0.2, -0.15) is 5.10 Å². The van der Waals surface area contributed by atoms with E-state index in [2.05, 4.69) is 25.9 Å². The number of aromatic carboxylic acids is 1. The molecular weight excluding hydrogens is 332 g/mol. The molecule has 1 heterocycles. The average molecular weight is 362 g/mol. The summed E-state index contributed by atoms with van der Waals surface area (Å²) >= 11 is 0. The minimum absolute atomic E-state index is 0.0655. The lowest BCUT2D eigenvalue weighted by molar-refractivity contribution is -0.150. The van der Waals surface area contributed by atoms with Crippen LogP contribution in [0.5, 0.6) is 0 Å². The molecule has 0 unspecified atom stereocenters. The second-order valence-electron chi connectivity index (χ2n) is 8.74. The Labute approximate surface area is 154 Å². The number of hydrogen-bond acceptors (Lipinski definition) is 4. The first-order chi connectivity index (χ1) is 12.2. The Morgan fingerprint density at radius 2 is 1.88 bits per heavy atom. The first-order valence-electron chi connectivity index (χ1n) is 9.69. The quantitative estimate of drug-likeness (QED) is 0.802.